The topological polar surface area (TPSA) is 44.0 Å². The number of aliphatic hydroxyl groups is 1. The lowest BCUT2D eigenvalue weighted by Crippen LogP contribution is -1.95. The third kappa shape index (κ3) is 3.78. The zero-order valence-corrected chi connectivity index (χ0v) is 9.37. The lowest BCUT2D eigenvalue weighted by atomic mass is 10.1. The summed E-state index contributed by atoms with van der Waals surface area (Å²) in [6.07, 6.45) is 4.03. The van der Waals surface area contributed by atoms with E-state index < -0.39 is 6.10 Å². The van der Waals surface area contributed by atoms with Gasteiger partial charge in [0.2, 0.25) is 0 Å². The molecule has 1 rings (SSSR count). The Hall–Kier alpha value is -1.24. The van der Waals surface area contributed by atoms with Crippen LogP contribution in [0.2, 0.25) is 0 Å². The van der Waals surface area contributed by atoms with Gasteiger partial charge < -0.3 is 5.11 Å². The highest BCUT2D eigenvalue weighted by molar-refractivity contribution is 8.01. The van der Waals surface area contributed by atoms with Crippen molar-refractivity contribution in [2.75, 3.05) is 6.26 Å². The van der Waals surface area contributed by atoms with Crippen LogP contribution >= 0.6 is 11.8 Å². The van der Waals surface area contributed by atoms with E-state index in [1.54, 1.807) is 36.0 Å². The molecule has 15 heavy (non-hydrogen) atoms. The molecule has 1 N–H and O–H groups in total. The number of benzene rings is 1. The summed E-state index contributed by atoms with van der Waals surface area (Å²) in [4.78, 5) is 0. The molecule has 0 aromatic heterocycles. The normalized spacial score (nSPS) is 12.6. The molecular formula is C12H13NOS. The van der Waals surface area contributed by atoms with Crippen molar-refractivity contribution >= 4 is 11.8 Å². The number of nitrogens with zero attached hydrogens (tertiary/aromatic N) is 1. The van der Waals surface area contributed by atoms with Crippen LogP contribution in [-0.4, -0.2) is 11.4 Å². The SMILES string of the molecule is CS/C=C/CC(O)c1ccc(C#N)cc1. The fraction of sp³-hybridized carbons (Fsp3) is 0.250. The molecule has 0 aliphatic carbocycles. The smallest absolute Gasteiger partial charge is 0.0991 e. The minimum absolute atomic E-state index is 0.485. The maximum atomic E-state index is 9.77. The minimum atomic E-state index is -0.485. The summed E-state index contributed by atoms with van der Waals surface area (Å²) in [6, 6.07) is 9.06. The van der Waals surface area contributed by atoms with Crippen LogP contribution in [0.15, 0.2) is 35.7 Å². The molecule has 0 fully saturated rings. The van der Waals surface area contributed by atoms with Crippen LogP contribution in [0.25, 0.3) is 0 Å². The zero-order chi connectivity index (χ0) is 11.1. The summed E-state index contributed by atoms with van der Waals surface area (Å²) in [7, 11) is 0. The van der Waals surface area contributed by atoms with Gasteiger partial charge in [0.15, 0.2) is 0 Å². The van der Waals surface area contributed by atoms with Crippen molar-refractivity contribution in [2.24, 2.45) is 0 Å². The molecule has 3 heteroatoms. The predicted molar refractivity (Wildman–Crippen MR) is 63.4 cm³/mol. The summed E-state index contributed by atoms with van der Waals surface area (Å²) in [5.41, 5.74) is 1.46. The van der Waals surface area contributed by atoms with Crippen molar-refractivity contribution in [3.05, 3.63) is 46.9 Å². The van der Waals surface area contributed by atoms with Crippen molar-refractivity contribution in [1.29, 1.82) is 5.26 Å². The van der Waals surface area contributed by atoms with E-state index in [9.17, 15) is 5.11 Å². The summed E-state index contributed by atoms with van der Waals surface area (Å²) in [5.74, 6) is 0. The second-order valence-corrected chi connectivity index (χ2v) is 3.84. The van der Waals surface area contributed by atoms with Crippen LogP contribution in [0, 0.1) is 11.3 Å². The van der Waals surface area contributed by atoms with Gasteiger partial charge in [-0.05, 0) is 35.8 Å². The number of nitriles is 1. The fourth-order valence-electron chi connectivity index (χ4n) is 1.20. The third-order valence-electron chi connectivity index (χ3n) is 2.02. The highest BCUT2D eigenvalue weighted by Crippen LogP contribution is 2.17. The van der Waals surface area contributed by atoms with Gasteiger partial charge in [0.05, 0.1) is 17.7 Å². The molecule has 0 aliphatic heterocycles. The van der Waals surface area contributed by atoms with Crippen molar-refractivity contribution in [3.8, 4) is 6.07 Å². The van der Waals surface area contributed by atoms with Gasteiger partial charge in [0.1, 0.15) is 0 Å². The number of thioether (sulfide) groups is 1. The van der Waals surface area contributed by atoms with Crippen LogP contribution in [0.4, 0.5) is 0 Å². The second-order valence-electron chi connectivity index (χ2n) is 3.09. The van der Waals surface area contributed by atoms with Gasteiger partial charge in [-0.15, -0.1) is 11.8 Å². The van der Waals surface area contributed by atoms with Crippen LogP contribution < -0.4 is 0 Å². The molecule has 1 aromatic carbocycles. The molecular weight excluding hydrogens is 206 g/mol. The first-order chi connectivity index (χ1) is 7.27. The second kappa shape index (κ2) is 6.28. The van der Waals surface area contributed by atoms with Crippen molar-refractivity contribution < 1.29 is 5.11 Å². The Morgan fingerprint density at radius 2 is 2.13 bits per heavy atom. The minimum Gasteiger partial charge on any atom is -0.388 e. The zero-order valence-electron chi connectivity index (χ0n) is 8.55. The highest BCUT2D eigenvalue weighted by Gasteiger charge is 2.04. The lowest BCUT2D eigenvalue weighted by molar-refractivity contribution is 0.181. The Kier molecular flexibility index (Phi) is 4.96. The molecule has 1 aromatic rings. The number of aliphatic hydroxyl groups excluding tert-OH is 1. The van der Waals surface area contributed by atoms with Gasteiger partial charge in [-0.2, -0.15) is 5.26 Å². The Bertz CT molecular complexity index is 364. The van der Waals surface area contributed by atoms with Gasteiger partial charge in [-0.3, -0.25) is 0 Å². The Balaban J connectivity index is 2.62. The van der Waals surface area contributed by atoms with Gasteiger partial charge in [0.25, 0.3) is 0 Å². The van der Waals surface area contributed by atoms with Crippen LogP contribution in [0.1, 0.15) is 23.7 Å². The van der Waals surface area contributed by atoms with E-state index in [1.165, 1.54) is 0 Å². The molecule has 1 unspecified atom stereocenters. The van der Waals surface area contributed by atoms with E-state index in [0.717, 1.165) is 5.56 Å². The molecule has 0 amide bonds. The van der Waals surface area contributed by atoms with E-state index in [2.05, 4.69) is 0 Å². The monoisotopic (exact) mass is 219 g/mol. The van der Waals surface area contributed by atoms with E-state index in [1.807, 2.05) is 23.8 Å². The van der Waals surface area contributed by atoms with Gasteiger partial charge in [0, 0.05) is 0 Å². The summed E-state index contributed by atoms with van der Waals surface area (Å²) < 4.78 is 0. The highest BCUT2D eigenvalue weighted by atomic mass is 32.2. The molecule has 1 atom stereocenters. The van der Waals surface area contributed by atoms with Gasteiger partial charge in [-0.25, -0.2) is 0 Å². The molecule has 0 saturated heterocycles. The van der Waals surface area contributed by atoms with Gasteiger partial charge in [-0.1, -0.05) is 18.2 Å². The largest absolute Gasteiger partial charge is 0.388 e. The van der Waals surface area contributed by atoms with Crippen molar-refractivity contribution in [1.82, 2.24) is 0 Å². The maximum Gasteiger partial charge on any atom is 0.0991 e. The molecule has 0 saturated carbocycles. The van der Waals surface area contributed by atoms with E-state index in [0.29, 0.717) is 12.0 Å². The summed E-state index contributed by atoms with van der Waals surface area (Å²) >= 11 is 1.61. The van der Waals surface area contributed by atoms with Crippen LogP contribution in [0.3, 0.4) is 0 Å². The first-order valence-corrected chi connectivity index (χ1v) is 5.92. The standard InChI is InChI=1S/C12H13NOS/c1-15-8-2-3-12(14)11-6-4-10(9-13)5-7-11/h2,4-8,12,14H,3H2,1H3/b8-2+. The van der Waals surface area contributed by atoms with E-state index in [-0.39, 0.29) is 0 Å². The molecule has 2 nitrogen and oxygen atoms in total. The van der Waals surface area contributed by atoms with Crippen molar-refractivity contribution in [3.63, 3.8) is 0 Å². The first kappa shape index (κ1) is 11.8. The van der Waals surface area contributed by atoms with E-state index >= 15 is 0 Å². The molecule has 78 valence electrons. The van der Waals surface area contributed by atoms with Crippen LogP contribution in [0.5, 0.6) is 0 Å². The Morgan fingerprint density at radius 3 is 2.67 bits per heavy atom. The van der Waals surface area contributed by atoms with Crippen molar-refractivity contribution in [2.45, 2.75) is 12.5 Å². The quantitative estimate of drug-likeness (QED) is 0.846. The average molecular weight is 219 g/mol. The molecule has 0 radical (unpaired) electrons. The molecule has 0 spiro atoms. The number of hydrogen-bond donors (Lipinski definition) is 1. The Morgan fingerprint density at radius 1 is 1.47 bits per heavy atom. The Labute approximate surface area is 94.2 Å². The summed E-state index contributed by atoms with van der Waals surface area (Å²) in [5, 5.41) is 20.3. The number of hydrogen-bond acceptors (Lipinski definition) is 3. The van der Waals surface area contributed by atoms with E-state index in [4.69, 9.17) is 5.26 Å². The maximum absolute atomic E-state index is 9.77. The average Bonchev–Trinajstić information content (AvgIpc) is 2.29. The van der Waals surface area contributed by atoms with Gasteiger partial charge >= 0.3 is 0 Å². The number of rotatable bonds is 4. The molecule has 0 bridgehead atoms. The van der Waals surface area contributed by atoms with Crippen LogP contribution in [-0.2, 0) is 0 Å². The predicted octanol–water partition coefficient (Wildman–Crippen LogP) is 2.86. The summed E-state index contributed by atoms with van der Waals surface area (Å²) in [6.45, 7) is 0. The molecule has 0 heterocycles. The first-order valence-electron chi connectivity index (χ1n) is 4.64. The third-order valence-corrected chi connectivity index (χ3v) is 2.48. The fourth-order valence-corrected chi connectivity index (χ4v) is 1.50. The lowest BCUT2D eigenvalue weighted by Gasteiger charge is -2.07. The molecule has 0 aliphatic rings.